The van der Waals surface area contributed by atoms with E-state index < -0.39 is 6.09 Å². The van der Waals surface area contributed by atoms with Crippen LogP contribution in [-0.4, -0.2) is 30.3 Å². The van der Waals surface area contributed by atoms with Crippen molar-refractivity contribution in [2.24, 2.45) is 0 Å². The fourth-order valence-electron chi connectivity index (χ4n) is 1.32. The fourth-order valence-corrected chi connectivity index (χ4v) is 1.32. The predicted molar refractivity (Wildman–Crippen MR) is 41.7 cm³/mol. The molecule has 1 atom stereocenters. The minimum absolute atomic E-state index is 0.106. The van der Waals surface area contributed by atoms with E-state index in [9.17, 15) is 4.79 Å². The predicted octanol–water partition coefficient (Wildman–Crippen LogP) is 0.396. The maximum absolute atomic E-state index is 10.2. The molecule has 0 radical (unpaired) electrons. The molecule has 1 fully saturated rings. The van der Waals surface area contributed by atoms with Crippen molar-refractivity contribution in [3.63, 3.8) is 0 Å². The van der Waals surface area contributed by atoms with E-state index >= 15 is 0 Å². The molecule has 1 rings (SSSR count). The molecule has 4 heteroatoms. The molecular formula is C7H14N2O2. The number of rotatable bonds is 1. The zero-order valence-electron chi connectivity index (χ0n) is 6.47. The van der Waals surface area contributed by atoms with E-state index in [0.29, 0.717) is 0 Å². The van der Waals surface area contributed by atoms with Gasteiger partial charge in [-0.1, -0.05) is 6.42 Å². The van der Waals surface area contributed by atoms with Crippen LogP contribution in [0.4, 0.5) is 4.79 Å². The fraction of sp³-hybridized carbons (Fsp3) is 0.857. The summed E-state index contributed by atoms with van der Waals surface area (Å²) >= 11 is 0. The number of hydrogen-bond acceptors (Lipinski definition) is 2. The summed E-state index contributed by atoms with van der Waals surface area (Å²) in [6, 6.07) is 0.106. The average Bonchev–Trinajstić information content (AvgIpc) is 2.14. The lowest BCUT2D eigenvalue weighted by Crippen LogP contribution is -2.39. The molecule has 0 aromatic carbocycles. The average molecular weight is 158 g/mol. The SMILES string of the molecule is O=C(O)N[C@H]1CCCCNC1. The van der Waals surface area contributed by atoms with Gasteiger partial charge in [0.25, 0.3) is 0 Å². The first-order valence-corrected chi connectivity index (χ1v) is 3.99. The summed E-state index contributed by atoms with van der Waals surface area (Å²) in [6.45, 7) is 1.78. The first-order chi connectivity index (χ1) is 5.29. The van der Waals surface area contributed by atoms with Gasteiger partial charge in [0.05, 0.1) is 0 Å². The Balaban J connectivity index is 2.25. The van der Waals surface area contributed by atoms with Crippen LogP contribution >= 0.6 is 0 Å². The van der Waals surface area contributed by atoms with E-state index in [0.717, 1.165) is 32.4 Å². The maximum atomic E-state index is 10.2. The quantitative estimate of drug-likeness (QED) is 0.517. The highest BCUT2D eigenvalue weighted by Gasteiger charge is 2.12. The molecule has 1 heterocycles. The Morgan fingerprint density at radius 3 is 3.09 bits per heavy atom. The maximum Gasteiger partial charge on any atom is 0.404 e. The van der Waals surface area contributed by atoms with Crippen LogP contribution in [0.2, 0.25) is 0 Å². The van der Waals surface area contributed by atoms with Gasteiger partial charge in [0, 0.05) is 12.6 Å². The highest BCUT2D eigenvalue weighted by atomic mass is 16.4. The molecule has 0 spiro atoms. The van der Waals surface area contributed by atoms with Gasteiger partial charge < -0.3 is 15.7 Å². The topological polar surface area (TPSA) is 61.4 Å². The standard InChI is InChI=1S/C7H14N2O2/c10-7(11)9-6-3-1-2-4-8-5-6/h6,8-9H,1-5H2,(H,10,11)/t6-/m0/s1. The summed E-state index contributed by atoms with van der Waals surface area (Å²) in [5.74, 6) is 0. The van der Waals surface area contributed by atoms with Gasteiger partial charge in [0.1, 0.15) is 0 Å². The molecule has 0 saturated carbocycles. The van der Waals surface area contributed by atoms with E-state index in [1.165, 1.54) is 0 Å². The van der Waals surface area contributed by atoms with E-state index in [1.807, 2.05) is 0 Å². The number of amides is 1. The Labute approximate surface area is 66.0 Å². The Kier molecular flexibility index (Phi) is 3.16. The molecule has 0 unspecified atom stereocenters. The molecule has 1 saturated heterocycles. The second-order valence-corrected chi connectivity index (χ2v) is 2.85. The monoisotopic (exact) mass is 158 g/mol. The summed E-state index contributed by atoms with van der Waals surface area (Å²) in [5, 5.41) is 14.1. The van der Waals surface area contributed by atoms with E-state index in [2.05, 4.69) is 10.6 Å². The molecule has 1 amide bonds. The Morgan fingerprint density at radius 1 is 1.55 bits per heavy atom. The van der Waals surface area contributed by atoms with Crippen molar-refractivity contribution >= 4 is 6.09 Å². The van der Waals surface area contributed by atoms with Crippen LogP contribution in [0.1, 0.15) is 19.3 Å². The molecule has 0 aromatic heterocycles. The first kappa shape index (κ1) is 8.33. The van der Waals surface area contributed by atoms with Crippen LogP contribution in [0, 0.1) is 0 Å². The van der Waals surface area contributed by atoms with Gasteiger partial charge in [-0.05, 0) is 19.4 Å². The third-order valence-corrected chi connectivity index (χ3v) is 1.87. The van der Waals surface area contributed by atoms with Gasteiger partial charge in [-0.2, -0.15) is 0 Å². The second-order valence-electron chi connectivity index (χ2n) is 2.85. The zero-order chi connectivity index (χ0) is 8.10. The van der Waals surface area contributed by atoms with Crippen LogP contribution in [0.15, 0.2) is 0 Å². The lowest BCUT2D eigenvalue weighted by molar-refractivity contribution is 0.189. The molecule has 0 bridgehead atoms. The summed E-state index contributed by atoms with van der Waals surface area (Å²) in [7, 11) is 0. The molecule has 4 nitrogen and oxygen atoms in total. The van der Waals surface area contributed by atoms with Gasteiger partial charge >= 0.3 is 6.09 Å². The summed E-state index contributed by atoms with van der Waals surface area (Å²) < 4.78 is 0. The minimum atomic E-state index is -0.918. The Bertz CT molecular complexity index is 130. The summed E-state index contributed by atoms with van der Waals surface area (Å²) in [4.78, 5) is 10.2. The van der Waals surface area contributed by atoms with Crippen molar-refractivity contribution in [2.75, 3.05) is 13.1 Å². The molecule has 1 aliphatic rings. The Morgan fingerprint density at radius 2 is 2.36 bits per heavy atom. The minimum Gasteiger partial charge on any atom is -0.465 e. The van der Waals surface area contributed by atoms with Gasteiger partial charge in [-0.15, -0.1) is 0 Å². The molecule has 3 N–H and O–H groups in total. The molecule has 0 aromatic rings. The van der Waals surface area contributed by atoms with Gasteiger partial charge in [-0.3, -0.25) is 0 Å². The van der Waals surface area contributed by atoms with Crippen molar-refractivity contribution in [1.82, 2.24) is 10.6 Å². The van der Waals surface area contributed by atoms with Gasteiger partial charge in [0.15, 0.2) is 0 Å². The van der Waals surface area contributed by atoms with Crippen LogP contribution < -0.4 is 10.6 Å². The second kappa shape index (κ2) is 4.18. The third-order valence-electron chi connectivity index (χ3n) is 1.87. The largest absolute Gasteiger partial charge is 0.465 e. The van der Waals surface area contributed by atoms with Gasteiger partial charge in [0.2, 0.25) is 0 Å². The van der Waals surface area contributed by atoms with Crippen molar-refractivity contribution in [2.45, 2.75) is 25.3 Å². The number of hydrogen-bond donors (Lipinski definition) is 3. The van der Waals surface area contributed by atoms with Gasteiger partial charge in [-0.25, -0.2) is 4.79 Å². The summed E-state index contributed by atoms with van der Waals surface area (Å²) in [6.07, 6.45) is 2.30. The highest BCUT2D eigenvalue weighted by molar-refractivity contribution is 5.64. The third kappa shape index (κ3) is 3.23. The normalized spacial score (nSPS) is 25.6. The number of nitrogens with one attached hydrogen (secondary N) is 2. The van der Waals surface area contributed by atoms with Crippen LogP contribution in [0.5, 0.6) is 0 Å². The zero-order valence-corrected chi connectivity index (χ0v) is 6.47. The number of carbonyl (C=O) groups is 1. The van der Waals surface area contributed by atoms with Crippen molar-refractivity contribution in [1.29, 1.82) is 0 Å². The molecular weight excluding hydrogens is 144 g/mol. The van der Waals surface area contributed by atoms with Crippen molar-refractivity contribution in [3.05, 3.63) is 0 Å². The van der Waals surface area contributed by atoms with Crippen LogP contribution in [-0.2, 0) is 0 Å². The molecule has 0 aliphatic carbocycles. The van der Waals surface area contributed by atoms with Crippen LogP contribution in [0.3, 0.4) is 0 Å². The smallest absolute Gasteiger partial charge is 0.404 e. The van der Waals surface area contributed by atoms with Crippen molar-refractivity contribution in [3.8, 4) is 0 Å². The first-order valence-electron chi connectivity index (χ1n) is 3.99. The van der Waals surface area contributed by atoms with E-state index in [1.54, 1.807) is 0 Å². The Hall–Kier alpha value is -0.770. The van der Waals surface area contributed by atoms with E-state index in [-0.39, 0.29) is 6.04 Å². The summed E-state index contributed by atoms with van der Waals surface area (Å²) in [5.41, 5.74) is 0. The lowest BCUT2D eigenvalue weighted by Gasteiger charge is -2.12. The van der Waals surface area contributed by atoms with Crippen molar-refractivity contribution < 1.29 is 9.90 Å². The highest BCUT2D eigenvalue weighted by Crippen LogP contribution is 2.03. The van der Waals surface area contributed by atoms with Crippen LogP contribution in [0.25, 0.3) is 0 Å². The lowest BCUT2D eigenvalue weighted by atomic mass is 10.1. The molecule has 64 valence electrons. The molecule has 1 aliphatic heterocycles. The number of carboxylic acid groups (broad SMARTS) is 1. The van der Waals surface area contributed by atoms with E-state index in [4.69, 9.17) is 5.11 Å². The molecule has 11 heavy (non-hydrogen) atoms.